The third kappa shape index (κ3) is 2.31. The van der Waals surface area contributed by atoms with E-state index in [0.717, 1.165) is 30.1 Å². The summed E-state index contributed by atoms with van der Waals surface area (Å²) in [4.78, 5) is 19.2. The fraction of sp³-hybridized carbons (Fsp3) is 0.500. The Balaban J connectivity index is 1.52. The van der Waals surface area contributed by atoms with Crippen LogP contribution in [0, 0.1) is 12.8 Å². The molecule has 5 nitrogen and oxygen atoms in total. The third-order valence-electron chi connectivity index (χ3n) is 4.78. The minimum Gasteiger partial charge on any atom is -0.347 e. The number of aromatic nitrogens is 2. The van der Waals surface area contributed by atoms with Crippen LogP contribution in [0.3, 0.4) is 0 Å². The molecule has 2 bridgehead atoms. The molecule has 2 unspecified atom stereocenters. The number of carbonyl (C=O) groups is 1. The lowest BCUT2D eigenvalue weighted by atomic mass is 9.97. The van der Waals surface area contributed by atoms with Gasteiger partial charge in [0, 0.05) is 31.0 Å². The number of amides is 1. The molecule has 0 aromatic carbocycles. The van der Waals surface area contributed by atoms with Gasteiger partial charge in [-0.3, -0.25) is 4.79 Å². The van der Waals surface area contributed by atoms with Crippen molar-refractivity contribution in [3.63, 3.8) is 0 Å². The summed E-state index contributed by atoms with van der Waals surface area (Å²) in [5.41, 5.74) is 2.63. The minimum atomic E-state index is -0.0579. The first kappa shape index (κ1) is 12.8. The van der Waals surface area contributed by atoms with E-state index in [-0.39, 0.29) is 11.9 Å². The molecule has 4 heterocycles. The normalized spacial score (nSPS) is 28.0. The molecule has 1 N–H and O–H groups in total. The molecule has 2 aromatic rings. The van der Waals surface area contributed by atoms with E-state index < -0.39 is 0 Å². The zero-order valence-electron chi connectivity index (χ0n) is 12.2. The Morgan fingerprint density at radius 3 is 3.14 bits per heavy atom. The summed E-state index contributed by atoms with van der Waals surface area (Å²) in [6, 6.07) is 4.31. The lowest BCUT2D eigenvalue weighted by Gasteiger charge is -2.30. The average Bonchev–Trinajstić information content (AvgIpc) is 3.02. The van der Waals surface area contributed by atoms with Gasteiger partial charge in [0.15, 0.2) is 0 Å². The molecular weight excluding hydrogens is 264 g/mol. The molecule has 21 heavy (non-hydrogen) atoms. The van der Waals surface area contributed by atoms with Crippen molar-refractivity contribution in [1.29, 1.82) is 0 Å². The first-order chi connectivity index (χ1) is 10.2. The van der Waals surface area contributed by atoms with E-state index in [1.807, 2.05) is 29.7 Å². The maximum Gasteiger partial charge on any atom is 0.271 e. The van der Waals surface area contributed by atoms with Gasteiger partial charge in [-0.15, -0.1) is 0 Å². The Morgan fingerprint density at radius 1 is 1.38 bits per heavy atom. The van der Waals surface area contributed by atoms with Crippen LogP contribution in [-0.4, -0.2) is 45.9 Å². The average molecular weight is 284 g/mol. The van der Waals surface area contributed by atoms with E-state index in [0.29, 0.717) is 5.69 Å². The van der Waals surface area contributed by atoms with Gasteiger partial charge in [-0.05, 0) is 44.4 Å². The van der Waals surface area contributed by atoms with Crippen molar-refractivity contribution in [2.24, 2.45) is 5.92 Å². The van der Waals surface area contributed by atoms with E-state index in [9.17, 15) is 4.79 Å². The van der Waals surface area contributed by atoms with Gasteiger partial charge in [0.2, 0.25) is 0 Å². The third-order valence-corrected chi connectivity index (χ3v) is 4.78. The number of aryl methyl sites for hydroxylation is 1. The molecule has 0 saturated carbocycles. The van der Waals surface area contributed by atoms with Gasteiger partial charge in [0.1, 0.15) is 5.69 Å². The maximum atomic E-state index is 12.4. The predicted octanol–water partition coefficient (Wildman–Crippen LogP) is 1.47. The Kier molecular flexibility index (Phi) is 2.96. The first-order valence-corrected chi connectivity index (χ1v) is 7.66. The molecule has 2 aromatic heterocycles. The van der Waals surface area contributed by atoms with Gasteiger partial charge in [0.05, 0.1) is 11.7 Å². The largest absolute Gasteiger partial charge is 0.347 e. The van der Waals surface area contributed by atoms with Gasteiger partial charge in [0.25, 0.3) is 5.91 Å². The van der Waals surface area contributed by atoms with Crippen molar-refractivity contribution in [2.45, 2.75) is 25.8 Å². The van der Waals surface area contributed by atoms with Gasteiger partial charge < -0.3 is 14.6 Å². The lowest BCUT2D eigenvalue weighted by molar-refractivity contribution is 0.0904. The number of fused-ring (bicyclic) bond motifs is 3. The number of hydrogen-bond acceptors (Lipinski definition) is 3. The topological polar surface area (TPSA) is 49.6 Å². The number of hydrogen-bond donors (Lipinski definition) is 1. The van der Waals surface area contributed by atoms with Crippen molar-refractivity contribution in [3.05, 3.63) is 35.9 Å². The van der Waals surface area contributed by atoms with Gasteiger partial charge in [-0.25, -0.2) is 4.98 Å². The Labute approximate surface area is 124 Å². The molecule has 2 fully saturated rings. The zero-order chi connectivity index (χ0) is 14.4. The van der Waals surface area contributed by atoms with Crippen molar-refractivity contribution in [2.75, 3.05) is 19.6 Å². The second-order valence-corrected chi connectivity index (χ2v) is 6.36. The second kappa shape index (κ2) is 4.84. The molecule has 1 amide bonds. The van der Waals surface area contributed by atoms with Crippen LogP contribution in [0.2, 0.25) is 0 Å². The SMILES string of the molecule is Cc1ccc2cnc(C(=O)N[C@@H]3CC4CCN(C4)C3)cn12. The highest BCUT2D eigenvalue weighted by Gasteiger charge is 2.33. The van der Waals surface area contributed by atoms with E-state index >= 15 is 0 Å². The molecule has 0 spiro atoms. The molecular formula is C16H20N4O. The van der Waals surface area contributed by atoms with Crippen LogP contribution in [0.5, 0.6) is 0 Å². The van der Waals surface area contributed by atoms with Crippen LogP contribution < -0.4 is 5.32 Å². The van der Waals surface area contributed by atoms with E-state index in [1.54, 1.807) is 6.20 Å². The minimum absolute atomic E-state index is 0.0579. The molecule has 3 atom stereocenters. The number of nitrogens with one attached hydrogen (secondary N) is 1. The summed E-state index contributed by atoms with van der Waals surface area (Å²) in [6.45, 7) is 5.40. The van der Waals surface area contributed by atoms with Gasteiger partial charge >= 0.3 is 0 Å². The molecule has 0 aliphatic carbocycles. The zero-order valence-corrected chi connectivity index (χ0v) is 12.2. The molecule has 4 rings (SSSR count). The number of piperidine rings is 1. The Hall–Kier alpha value is -1.88. The van der Waals surface area contributed by atoms with Crippen LogP contribution >= 0.6 is 0 Å². The van der Waals surface area contributed by atoms with Gasteiger partial charge in [-0.1, -0.05) is 0 Å². The Morgan fingerprint density at radius 2 is 2.29 bits per heavy atom. The number of carbonyl (C=O) groups excluding carboxylic acids is 1. The van der Waals surface area contributed by atoms with Crippen LogP contribution in [0.4, 0.5) is 0 Å². The van der Waals surface area contributed by atoms with Crippen LogP contribution in [0.15, 0.2) is 24.5 Å². The standard InChI is InChI=1S/C16H20N4O/c1-11-2-3-14-7-17-15(10-20(11)14)16(21)18-13-6-12-4-5-19(8-12)9-13/h2-3,7,10,12-13H,4-6,8-9H2,1H3,(H,18,21)/t12?,13-/m1/s1. The van der Waals surface area contributed by atoms with Crippen LogP contribution in [0.25, 0.3) is 5.52 Å². The van der Waals surface area contributed by atoms with Crippen molar-refractivity contribution >= 4 is 11.4 Å². The number of rotatable bonds is 2. The molecule has 2 aliphatic heterocycles. The molecule has 110 valence electrons. The summed E-state index contributed by atoms with van der Waals surface area (Å²) >= 11 is 0. The molecule has 0 radical (unpaired) electrons. The van der Waals surface area contributed by atoms with Crippen molar-refractivity contribution in [1.82, 2.24) is 19.6 Å². The van der Waals surface area contributed by atoms with Crippen molar-refractivity contribution < 1.29 is 4.79 Å². The van der Waals surface area contributed by atoms with Crippen molar-refractivity contribution in [3.8, 4) is 0 Å². The Bertz CT molecular complexity index is 681. The summed E-state index contributed by atoms with van der Waals surface area (Å²) < 4.78 is 2.01. The summed E-state index contributed by atoms with van der Waals surface area (Å²) in [5.74, 6) is 0.698. The quantitative estimate of drug-likeness (QED) is 0.908. The van der Waals surface area contributed by atoms with Gasteiger partial charge in [-0.2, -0.15) is 0 Å². The predicted molar refractivity (Wildman–Crippen MR) is 80.3 cm³/mol. The highest BCUT2D eigenvalue weighted by atomic mass is 16.2. The second-order valence-electron chi connectivity index (χ2n) is 6.36. The molecule has 5 heteroatoms. The molecule has 2 aliphatic rings. The van der Waals surface area contributed by atoms with E-state index in [2.05, 4.69) is 15.2 Å². The lowest BCUT2D eigenvalue weighted by Crippen LogP contribution is -2.47. The van der Waals surface area contributed by atoms with E-state index in [4.69, 9.17) is 0 Å². The summed E-state index contributed by atoms with van der Waals surface area (Å²) in [5, 5.41) is 3.16. The monoisotopic (exact) mass is 284 g/mol. The molecule has 2 saturated heterocycles. The fourth-order valence-electron chi connectivity index (χ4n) is 3.68. The summed E-state index contributed by atoms with van der Waals surface area (Å²) in [6.07, 6.45) is 5.97. The summed E-state index contributed by atoms with van der Waals surface area (Å²) in [7, 11) is 0. The smallest absolute Gasteiger partial charge is 0.271 e. The highest BCUT2D eigenvalue weighted by molar-refractivity contribution is 5.92. The van der Waals surface area contributed by atoms with E-state index in [1.165, 1.54) is 19.5 Å². The first-order valence-electron chi connectivity index (χ1n) is 7.66. The highest BCUT2D eigenvalue weighted by Crippen LogP contribution is 2.26. The van der Waals surface area contributed by atoms with Crippen LogP contribution in [0.1, 0.15) is 29.0 Å². The number of nitrogens with zero attached hydrogens (tertiary/aromatic N) is 3. The van der Waals surface area contributed by atoms with Crippen LogP contribution in [-0.2, 0) is 0 Å². The maximum absolute atomic E-state index is 12.4. The fourth-order valence-corrected chi connectivity index (χ4v) is 3.68.